The Bertz CT molecular complexity index is 630. The van der Waals surface area contributed by atoms with Gasteiger partial charge in [0.15, 0.2) is 11.5 Å². The Morgan fingerprint density at radius 1 is 1.42 bits per heavy atom. The van der Waals surface area contributed by atoms with Crippen LogP contribution in [-0.4, -0.2) is 50.7 Å². The Kier molecular flexibility index (Phi) is 6.88. The van der Waals surface area contributed by atoms with Crippen molar-refractivity contribution >= 4 is 21.8 Å². The Morgan fingerprint density at radius 3 is 2.79 bits per heavy atom. The van der Waals surface area contributed by atoms with Gasteiger partial charge in [0.1, 0.15) is 6.04 Å². The van der Waals surface area contributed by atoms with Crippen LogP contribution >= 0.6 is 15.9 Å². The number of benzene rings is 1. The third-order valence-corrected chi connectivity index (χ3v) is 4.86. The van der Waals surface area contributed by atoms with Gasteiger partial charge in [0.25, 0.3) is 0 Å². The normalized spacial score (nSPS) is 16.8. The van der Waals surface area contributed by atoms with Crippen LogP contribution in [0.15, 0.2) is 16.6 Å². The Balaban J connectivity index is 1.84. The third kappa shape index (κ3) is 4.40. The molecule has 7 heteroatoms. The fourth-order valence-electron chi connectivity index (χ4n) is 2.81. The van der Waals surface area contributed by atoms with E-state index in [4.69, 9.17) is 14.7 Å². The molecule has 0 aromatic heterocycles. The molecule has 0 bridgehead atoms. The van der Waals surface area contributed by atoms with E-state index in [0.29, 0.717) is 24.6 Å². The number of amides is 1. The topological polar surface area (TPSA) is 74.6 Å². The summed E-state index contributed by atoms with van der Waals surface area (Å²) in [5.74, 6) is 1.35. The number of carbonyl (C=O) groups is 1. The zero-order chi connectivity index (χ0) is 17.5. The molecule has 2 rings (SSSR count). The third-order valence-electron chi connectivity index (χ3n) is 4.12. The molecule has 1 atom stereocenters. The fraction of sp³-hybridized carbons (Fsp3) is 0.529. The Morgan fingerprint density at radius 2 is 2.12 bits per heavy atom. The molecule has 0 spiro atoms. The number of methoxy groups -OCH3 is 2. The molecule has 0 aliphatic carbocycles. The van der Waals surface area contributed by atoms with Crippen LogP contribution in [0.25, 0.3) is 0 Å². The maximum absolute atomic E-state index is 12.1. The maximum atomic E-state index is 12.1. The molecule has 1 amide bonds. The van der Waals surface area contributed by atoms with Crippen molar-refractivity contribution in [3.63, 3.8) is 0 Å². The first-order chi connectivity index (χ1) is 11.6. The molecule has 1 saturated heterocycles. The highest BCUT2D eigenvalue weighted by Gasteiger charge is 2.27. The quantitative estimate of drug-likeness (QED) is 0.715. The van der Waals surface area contributed by atoms with E-state index in [9.17, 15) is 4.79 Å². The number of ether oxygens (including phenoxy) is 2. The molecule has 1 aromatic carbocycles. The lowest BCUT2D eigenvalue weighted by Gasteiger charge is -2.19. The van der Waals surface area contributed by atoms with Crippen LogP contribution in [-0.2, 0) is 11.2 Å². The van der Waals surface area contributed by atoms with Crippen molar-refractivity contribution in [1.82, 2.24) is 10.2 Å². The van der Waals surface area contributed by atoms with Gasteiger partial charge in [-0.3, -0.25) is 4.79 Å². The van der Waals surface area contributed by atoms with Crippen molar-refractivity contribution in [2.45, 2.75) is 25.3 Å². The van der Waals surface area contributed by atoms with Crippen molar-refractivity contribution in [2.75, 3.05) is 33.9 Å². The van der Waals surface area contributed by atoms with Crippen LogP contribution < -0.4 is 14.8 Å². The minimum Gasteiger partial charge on any atom is -0.493 e. The maximum Gasteiger partial charge on any atom is 0.237 e. The highest BCUT2D eigenvalue weighted by molar-refractivity contribution is 9.10. The lowest BCUT2D eigenvalue weighted by atomic mass is 10.1. The van der Waals surface area contributed by atoms with Gasteiger partial charge in [0.2, 0.25) is 5.91 Å². The molecule has 0 unspecified atom stereocenters. The van der Waals surface area contributed by atoms with Crippen LogP contribution in [0.5, 0.6) is 11.5 Å². The second kappa shape index (κ2) is 8.90. The van der Waals surface area contributed by atoms with Crippen LogP contribution in [0, 0.1) is 11.3 Å². The largest absolute Gasteiger partial charge is 0.493 e. The first-order valence-electron chi connectivity index (χ1n) is 7.91. The summed E-state index contributed by atoms with van der Waals surface area (Å²) in [6.45, 7) is 1.59. The van der Waals surface area contributed by atoms with Crippen molar-refractivity contribution < 1.29 is 14.3 Å². The molecular weight excluding hydrogens is 374 g/mol. The Hall–Kier alpha value is -1.78. The molecule has 24 heavy (non-hydrogen) atoms. The molecule has 1 fully saturated rings. The molecule has 0 saturated carbocycles. The number of likely N-dealkylation sites (tertiary alicyclic amines) is 1. The molecule has 1 aliphatic rings. The average molecular weight is 396 g/mol. The molecule has 1 aliphatic heterocycles. The number of nitrogens with one attached hydrogen (secondary N) is 1. The second-order valence-corrected chi connectivity index (χ2v) is 6.45. The molecule has 1 heterocycles. The highest BCUT2D eigenvalue weighted by atomic mass is 79.9. The zero-order valence-corrected chi connectivity index (χ0v) is 15.6. The van der Waals surface area contributed by atoms with E-state index in [2.05, 4.69) is 27.3 Å². The first-order valence-corrected chi connectivity index (χ1v) is 8.70. The number of hydrogen-bond acceptors (Lipinski definition) is 5. The van der Waals surface area contributed by atoms with E-state index in [0.717, 1.165) is 29.3 Å². The van der Waals surface area contributed by atoms with E-state index in [1.165, 1.54) is 0 Å². The SMILES string of the molecule is COc1cc(Br)c(CCNCC(=O)N2CCC[C@H]2C#N)cc1OC. The molecule has 6 nitrogen and oxygen atoms in total. The monoisotopic (exact) mass is 395 g/mol. The number of hydrogen-bond donors (Lipinski definition) is 1. The summed E-state index contributed by atoms with van der Waals surface area (Å²) in [6, 6.07) is 5.73. The standard InChI is InChI=1S/C17H22BrN3O3/c1-23-15-8-12(14(18)9-16(15)24-2)5-6-20-11-17(22)21-7-3-4-13(21)10-19/h8-9,13,20H,3-7,11H2,1-2H3/t13-/m0/s1. The van der Waals surface area contributed by atoms with Gasteiger partial charge in [-0.1, -0.05) is 15.9 Å². The number of nitriles is 1. The van der Waals surface area contributed by atoms with Gasteiger partial charge in [-0.15, -0.1) is 0 Å². The van der Waals surface area contributed by atoms with Crippen molar-refractivity contribution in [3.8, 4) is 17.6 Å². The molecule has 130 valence electrons. The van der Waals surface area contributed by atoms with Crippen molar-refractivity contribution in [2.24, 2.45) is 0 Å². The van der Waals surface area contributed by atoms with E-state index in [1.807, 2.05) is 12.1 Å². The number of halogens is 1. The van der Waals surface area contributed by atoms with E-state index in [1.54, 1.807) is 19.1 Å². The highest BCUT2D eigenvalue weighted by Crippen LogP contribution is 2.33. The number of nitrogens with zero attached hydrogens (tertiary/aromatic N) is 2. The summed E-state index contributed by atoms with van der Waals surface area (Å²) in [5, 5.41) is 12.2. The average Bonchev–Trinajstić information content (AvgIpc) is 3.08. The van der Waals surface area contributed by atoms with E-state index >= 15 is 0 Å². The minimum atomic E-state index is -0.265. The first kappa shape index (κ1) is 18.6. The summed E-state index contributed by atoms with van der Waals surface area (Å²) >= 11 is 3.53. The van der Waals surface area contributed by atoms with Gasteiger partial charge in [-0.25, -0.2) is 0 Å². The van der Waals surface area contributed by atoms with Crippen LogP contribution in [0.4, 0.5) is 0 Å². The lowest BCUT2D eigenvalue weighted by molar-refractivity contribution is -0.130. The molecular formula is C17H22BrN3O3. The van der Waals surface area contributed by atoms with Crippen molar-refractivity contribution in [3.05, 3.63) is 22.2 Å². The predicted octanol–water partition coefficient (Wildman–Crippen LogP) is 2.11. The number of carbonyl (C=O) groups excluding carboxylic acids is 1. The molecule has 0 radical (unpaired) electrons. The van der Waals surface area contributed by atoms with Crippen LogP contribution in [0.3, 0.4) is 0 Å². The summed E-state index contributed by atoms with van der Waals surface area (Å²) in [6.07, 6.45) is 2.43. The minimum absolute atomic E-state index is 0.00886. The summed E-state index contributed by atoms with van der Waals surface area (Å²) in [7, 11) is 3.21. The molecule has 1 N–H and O–H groups in total. The van der Waals surface area contributed by atoms with Crippen LogP contribution in [0.1, 0.15) is 18.4 Å². The number of rotatable bonds is 7. The summed E-state index contributed by atoms with van der Waals surface area (Å²) < 4.78 is 11.5. The van der Waals surface area contributed by atoms with Gasteiger partial charge in [-0.05, 0) is 43.5 Å². The summed E-state index contributed by atoms with van der Waals surface area (Å²) in [5.41, 5.74) is 1.07. The van der Waals surface area contributed by atoms with E-state index in [-0.39, 0.29) is 18.5 Å². The van der Waals surface area contributed by atoms with Gasteiger partial charge in [-0.2, -0.15) is 5.26 Å². The van der Waals surface area contributed by atoms with Crippen molar-refractivity contribution in [1.29, 1.82) is 5.26 Å². The van der Waals surface area contributed by atoms with Gasteiger partial charge >= 0.3 is 0 Å². The smallest absolute Gasteiger partial charge is 0.237 e. The van der Waals surface area contributed by atoms with E-state index < -0.39 is 0 Å². The second-order valence-electron chi connectivity index (χ2n) is 5.60. The summed E-state index contributed by atoms with van der Waals surface area (Å²) in [4.78, 5) is 13.8. The van der Waals surface area contributed by atoms with Gasteiger partial charge in [0.05, 0.1) is 26.8 Å². The predicted molar refractivity (Wildman–Crippen MR) is 94.2 cm³/mol. The Labute approximate surface area is 150 Å². The van der Waals surface area contributed by atoms with Crippen LogP contribution in [0.2, 0.25) is 0 Å². The molecule has 1 aromatic rings. The van der Waals surface area contributed by atoms with Gasteiger partial charge < -0.3 is 19.7 Å². The zero-order valence-electron chi connectivity index (χ0n) is 14.0. The fourth-order valence-corrected chi connectivity index (χ4v) is 3.33. The van der Waals surface area contributed by atoms with Gasteiger partial charge in [0, 0.05) is 11.0 Å². The lowest BCUT2D eigenvalue weighted by Crippen LogP contribution is -2.41.